The van der Waals surface area contributed by atoms with Crippen LogP contribution in [-0.4, -0.2) is 31.1 Å². The minimum Gasteiger partial charge on any atom is -0.492 e. The Morgan fingerprint density at radius 2 is 1.96 bits per heavy atom. The lowest BCUT2D eigenvalue weighted by molar-refractivity contribution is -0.122. The van der Waals surface area contributed by atoms with Gasteiger partial charge in [-0.3, -0.25) is 4.79 Å². The predicted octanol–water partition coefficient (Wildman–Crippen LogP) is 3.40. The van der Waals surface area contributed by atoms with Crippen LogP contribution in [-0.2, 0) is 10.2 Å². The van der Waals surface area contributed by atoms with Gasteiger partial charge in [0, 0.05) is 18.5 Å². The summed E-state index contributed by atoms with van der Waals surface area (Å²) in [5.41, 5.74) is 1.37. The predicted molar refractivity (Wildman–Crippen MR) is 101 cm³/mol. The Balaban J connectivity index is 1.36. The molecule has 2 atom stereocenters. The molecule has 0 aromatic heterocycles. The highest BCUT2D eigenvalue weighted by atomic mass is 16.5. The summed E-state index contributed by atoms with van der Waals surface area (Å²) in [6.07, 6.45) is 5.53. The first-order valence-corrected chi connectivity index (χ1v) is 9.66. The molecule has 2 heterocycles. The van der Waals surface area contributed by atoms with Gasteiger partial charge in [-0.1, -0.05) is 32.9 Å². The van der Waals surface area contributed by atoms with Gasteiger partial charge in [0.25, 0.3) is 0 Å². The summed E-state index contributed by atoms with van der Waals surface area (Å²) in [4.78, 5) is 12.2. The van der Waals surface area contributed by atoms with Gasteiger partial charge in [-0.25, -0.2) is 0 Å². The Morgan fingerprint density at radius 3 is 2.64 bits per heavy atom. The molecule has 1 aromatic rings. The molecule has 3 rings (SSSR count). The summed E-state index contributed by atoms with van der Waals surface area (Å²) in [6, 6.07) is 9.51. The zero-order valence-electron chi connectivity index (χ0n) is 15.8. The molecular weight excluding hydrogens is 312 g/mol. The molecule has 2 fully saturated rings. The van der Waals surface area contributed by atoms with Gasteiger partial charge in [0.05, 0.1) is 6.54 Å². The molecule has 2 unspecified atom stereocenters. The third kappa shape index (κ3) is 5.21. The molecule has 1 amide bonds. The quantitative estimate of drug-likeness (QED) is 0.778. The highest BCUT2D eigenvalue weighted by Gasteiger charge is 2.34. The van der Waals surface area contributed by atoms with Crippen molar-refractivity contribution in [3.8, 4) is 5.75 Å². The number of amides is 1. The smallest absolute Gasteiger partial charge is 0.220 e. The van der Waals surface area contributed by atoms with E-state index in [1.165, 1.54) is 18.4 Å². The fourth-order valence-corrected chi connectivity index (χ4v) is 4.09. The number of hydrogen-bond donors (Lipinski definition) is 2. The normalized spacial score (nSPS) is 25.6. The van der Waals surface area contributed by atoms with Crippen LogP contribution < -0.4 is 15.4 Å². The van der Waals surface area contributed by atoms with Crippen molar-refractivity contribution in [2.45, 2.75) is 70.4 Å². The van der Waals surface area contributed by atoms with Crippen LogP contribution in [0.1, 0.15) is 58.4 Å². The molecule has 0 aliphatic carbocycles. The molecule has 138 valence electrons. The fourth-order valence-electron chi connectivity index (χ4n) is 4.09. The summed E-state index contributed by atoms with van der Waals surface area (Å²) in [5.74, 6) is 1.58. The molecule has 2 bridgehead atoms. The van der Waals surface area contributed by atoms with Crippen molar-refractivity contribution in [3.63, 3.8) is 0 Å². The van der Waals surface area contributed by atoms with Gasteiger partial charge in [0.2, 0.25) is 5.91 Å². The SMILES string of the molecule is CC(C)(C)c1cccc(OCCNC(=O)CC2CC3CCC(C2)N3)c1. The maximum atomic E-state index is 12.2. The molecule has 2 aliphatic heterocycles. The molecule has 0 saturated carbocycles. The van der Waals surface area contributed by atoms with Crippen molar-refractivity contribution in [2.75, 3.05) is 13.2 Å². The number of piperidine rings is 1. The van der Waals surface area contributed by atoms with Crippen LogP contribution in [0, 0.1) is 5.92 Å². The average molecular weight is 344 g/mol. The number of ether oxygens (including phenoxy) is 1. The maximum Gasteiger partial charge on any atom is 0.220 e. The molecule has 4 heteroatoms. The second kappa shape index (κ2) is 7.77. The highest BCUT2D eigenvalue weighted by Crippen LogP contribution is 2.32. The van der Waals surface area contributed by atoms with Gasteiger partial charge >= 0.3 is 0 Å². The number of benzene rings is 1. The standard InChI is InChI=1S/C21H32N2O2/c1-21(2,3)16-5-4-6-19(14-16)25-10-9-22-20(24)13-15-11-17-7-8-18(12-15)23-17/h4-6,14-15,17-18,23H,7-13H2,1-3H3,(H,22,24). The number of carbonyl (C=O) groups excluding carboxylic acids is 1. The molecule has 1 aromatic carbocycles. The molecule has 25 heavy (non-hydrogen) atoms. The third-order valence-corrected chi connectivity index (χ3v) is 5.44. The first-order valence-electron chi connectivity index (χ1n) is 9.66. The third-order valence-electron chi connectivity index (χ3n) is 5.44. The van der Waals surface area contributed by atoms with Crippen molar-refractivity contribution < 1.29 is 9.53 Å². The topological polar surface area (TPSA) is 50.4 Å². The largest absolute Gasteiger partial charge is 0.492 e. The molecule has 2 N–H and O–H groups in total. The lowest BCUT2D eigenvalue weighted by Gasteiger charge is -2.28. The first-order chi connectivity index (χ1) is 11.9. The van der Waals surface area contributed by atoms with Crippen LogP contribution in [0.25, 0.3) is 0 Å². The Labute approximate surface area is 151 Å². The van der Waals surface area contributed by atoms with Crippen LogP contribution in [0.3, 0.4) is 0 Å². The van der Waals surface area contributed by atoms with Crippen LogP contribution in [0.4, 0.5) is 0 Å². The van der Waals surface area contributed by atoms with Gasteiger partial charge in [-0.2, -0.15) is 0 Å². The number of rotatable bonds is 6. The van der Waals surface area contributed by atoms with E-state index in [0.29, 0.717) is 37.6 Å². The van der Waals surface area contributed by atoms with Crippen molar-refractivity contribution in [2.24, 2.45) is 5.92 Å². The maximum absolute atomic E-state index is 12.2. The van der Waals surface area contributed by atoms with E-state index in [1.54, 1.807) is 0 Å². The number of hydrogen-bond acceptors (Lipinski definition) is 3. The van der Waals surface area contributed by atoms with E-state index in [4.69, 9.17) is 4.74 Å². The van der Waals surface area contributed by atoms with E-state index < -0.39 is 0 Å². The van der Waals surface area contributed by atoms with Crippen molar-refractivity contribution in [1.82, 2.24) is 10.6 Å². The number of carbonyl (C=O) groups is 1. The van der Waals surface area contributed by atoms with E-state index >= 15 is 0 Å². The van der Waals surface area contributed by atoms with E-state index in [1.807, 2.05) is 12.1 Å². The molecule has 0 spiro atoms. The number of nitrogens with one attached hydrogen (secondary N) is 2. The zero-order valence-corrected chi connectivity index (χ0v) is 15.8. The minimum atomic E-state index is 0.113. The summed E-state index contributed by atoms with van der Waals surface area (Å²) in [5, 5.41) is 6.64. The van der Waals surface area contributed by atoms with Crippen LogP contribution in [0.2, 0.25) is 0 Å². The Bertz CT molecular complexity index is 582. The van der Waals surface area contributed by atoms with Gasteiger partial charge in [0.1, 0.15) is 12.4 Å². The Hall–Kier alpha value is -1.55. The van der Waals surface area contributed by atoms with Gasteiger partial charge in [-0.05, 0) is 54.7 Å². The monoisotopic (exact) mass is 344 g/mol. The van der Waals surface area contributed by atoms with Crippen molar-refractivity contribution in [1.29, 1.82) is 0 Å². The summed E-state index contributed by atoms with van der Waals surface area (Å²) >= 11 is 0. The molecule has 0 radical (unpaired) electrons. The van der Waals surface area contributed by atoms with E-state index in [9.17, 15) is 4.79 Å². The Kier molecular flexibility index (Phi) is 5.67. The van der Waals surface area contributed by atoms with E-state index in [-0.39, 0.29) is 11.3 Å². The molecule has 4 nitrogen and oxygen atoms in total. The lowest BCUT2D eigenvalue weighted by atomic mass is 9.87. The second-order valence-corrected chi connectivity index (χ2v) is 8.66. The Morgan fingerprint density at radius 1 is 1.24 bits per heavy atom. The summed E-state index contributed by atoms with van der Waals surface area (Å²) in [7, 11) is 0. The number of fused-ring (bicyclic) bond motifs is 2. The minimum absolute atomic E-state index is 0.113. The lowest BCUT2D eigenvalue weighted by Crippen LogP contribution is -2.40. The molecule has 2 aliphatic rings. The highest BCUT2D eigenvalue weighted by molar-refractivity contribution is 5.76. The first kappa shape index (κ1) is 18.2. The van der Waals surface area contributed by atoms with E-state index in [2.05, 4.69) is 43.5 Å². The van der Waals surface area contributed by atoms with Crippen LogP contribution in [0.15, 0.2) is 24.3 Å². The van der Waals surface area contributed by atoms with Crippen molar-refractivity contribution >= 4 is 5.91 Å². The zero-order chi connectivity index (χ0) is 17.9. The van der Waals surface area contributed by atoms with Crippen molar-refractivity contribution in [3.05, 3.63) is 29.8 Å². The second-order valence-electron chi connectivity index (χ2n) is 8.66. The fraction of sp³-hybridized carbons (Fsp3) is 0.667. The average Bonchev–Trinajstić information content (AvgIpc) is 2.90. The summed E-state index contributed by atoms with van der Waals surface area (Å²) in [6.45, 7) is 7.66. The molecular formula is C21H32N2O2. The van der Waals surface area contributed by atoms with Crippen LogP contribution >= 0.6 is 0 Å². The van der Waals surface area contributed by atoms with Gasteiger partial charge in [0.15, 0.2) is 0 Å². The molecule has 2 saturated heterocycles. The van der Waals surface area contributed by atoms with Gasteiger partial charge in [-0.15, -0.1) is 0 Å². The van der Waals surface area contributed by atoms with Crippen LogP contribution in [0.5, 0.6) is 5.75 Å². The summed E-state index contributed by atoms with van der Waals surface area (Å²) < 4.78 is 5.80. The van der Waals surface area contributed by atoms with Gasteiger partial charge < -0.3 is 15.4 Å². The van der Waals surface area contributed by atoms with E-state index in [0.717, 1.165) is 18.6 Å².